The minimum atomic E-state index is 0.608. The van der Waals surface area contributed by atoms with Gasteiger partial charge in [0, 0.05) is 25.2 Å². The Morgan fingerprint density at radius 2 is 2.25 bits per heavy atom. The first kappa shape index (κ1) is 13.9. The summed E-state index contributed by atoms with van der Waals surface area (Å²) in [6.45, 7) is 9.29. The molecule has 0 aromatic carbocycles. The summed E-state index contributed by atoms with van der Waals surface area (Å²) in [6.07, 6.45) is 3.97. The summed E-state index contributed by atoms with van der Waals surface area (Å²) in [5, 5.41) is 3.54. The van der Waals surface area contributed by atoms with Crippen LogP contribution in [0.1, 0.15) is 33.1 Å². The first-order valence-corrected chi connectivity index (χ1v) is 6.75. The molecule has 2 unspecified atom stereocenters. The Balaban J connectivity index is 2.16. The zero-order valence-electron chi connectivity index (χ0n) is 11.5. The van der Waals surface area contributed by atoms with E-state index in [1.807, 2.05) is 0 Å². The minimum Gasteiger partial charge on any atom is -0.313 e. The summed E-state index contributed by atoms with van der Waals surface area (Å²) < 4.78 is 0. The van der Waals surface area contributed by atoms with Crippen molar-refractivity contribution in [2.24, 2.45) is 0 Å². The average Bonchev–Trinajstić information content (AvgIpc) is 2.61. The molecule has 0 aromatic rings. The summed E-state index contributed by atoms with van der Waals surface area (Å²) in [5.74, 6) is 0. The Labute approximate surface area is 101 Å². The van der Waals surface area contributed by atoms with Crippen LogP contribution in [0, 0.1) is 0 Å². The molecular formula is C13H29N3. The highest BCUT2D eigenvalue weighted by Crippen LogP contribution is 2.15. The van der Waals surface area contributed by atoms with Crippen molar-refractivity contribution in [1.82, 2.24) is 15.1 Å². The van der Waals surface area contributed by atoms with Crippen LogP contribution >= 0.6 is 0 Å². The predicted octanol–water partition coefficient (Wildman–Crippen LogP) is 1.40. The lowest BCUT2D eigenvalue weighted by Crippen LogP contribution is -2.43. The van der Waals surface area contributed by atoms with E-state index in [2.05, 4.69) is 43.1 Å². The van der Waals surface area contributed by atoms with Gasteiger partial charge in [-0.1, -0.05) is 6.92 Å². The SMILES string of the molecule is CCCNC(C)CN(C)CC1CCCN1C. The van der Waals surface area contributed by atoms with Gasteiger partial charge in [-0.2, -0.15) is 0 Å². The highest BCUT2D eigenvalue weighted by molar-refractivity contribution is 4.79. The van der Waals surface area contributed by atoms with Crippen LogP contribution in [0.25, 0.3) is 0 Å². The molecule has 0 spiro atoms. The van der Waals surface area contributed by atoms with Gasteiger partial charge in [-0.05, 0) is 53.4 Å². The maximum atomic E-state index is 3.54. The van der Waals surface area contributed by atoms with Crippen LogP contribution in [-0.2, 0) is 0 Å². The lowest BCUT2D eigenvalue weighted by atomic mass is 10.2. The van der Waals surface area contributed by atoms with Crippen molar-refractivity contribution in [2.45, 2.75) is 45.2 Å². The third-order valence-electron chi connectivity index (χ3n) is 3.52. The third kappa shape index (κ3) is 4.81. The molecule has 3 heteroatoms. The molecule has 1 heterocycles. The molecule has 96 valence electrons. The fourth-order valence-corrected chi connectivity index (χ4v) is 2.57. The number of nitrogens with one attached hydrogen (secondary N) is 1. The fourth-order valence-electron chi connectivity index (χ4n) is 2.57. The molecule has 1 aliphatic rings. The first-order chi connectivity index (χ1) is 7.63. The van der Waals surface area contributed by atoms with Crippen LogP contribution in [0.15, 0.2) is 0 Å². The van der Waals surface area contributed by atoms with Crippen LogP contribution in [0.4, 0.5) is 0 Å². The molecule has 1 N–H and O–H groups in total. The van der Waals surface area contributed by atoms with Crippen LogP contribution in [0.3, 0.4) is 0 Å². The highest BCUT2D eigenvalue weighted by Gasteiger charge is 2.22. The van der Waals surface area contributed by atoms with Crippen LogP contribution in [0.5, 0.6) is 0 Å². The zero-order chi connectivity index (χ0) is 12.0. The molecule has 16 heavy (non-hydrogen) atoms. The van der Waals surface area contributed by atoms with Gasteiger partial charge in [-0.15, -0.1) is 0 Å². The molecule has 0 aromatic heterocycles. The van der Waals surface area contributed by atoms with E-state index in [1.54, 1.807) is 0 Å². The van der Waals surface area contributed by atoms with Crippen LogP contribution in [0.2, 0.25) is 0 Å². The van der Waals surface area contributed by atoms with E-state index in [1.165, 1.54) is 32.4 Å². The van der Waals surface area contributed by atoms with Gasteiger partial charge in [-0.3, -0.25) is 0 Å². The van der Waals surface area contributed by atoms with E-state index in [4.69, 9.17) is 0 Å². The monoisotopic (exact) mass is 227 g/mol. The summed E-state index contributed by atoms with van der Waals surface area (Å²) in [6, 6.07) is 1.39. The first-order valence-electron chi connectivity index (χ1n) is 6.75. The predicted molar refractivity (Wildman–Crippen MR) is 70.9 cm³/mol. The largest absolute Gasteiger partial charge is 0.313 e. The molecule has 0 amide bonds. The Kier molecular flexibility index (Phi) is 6.32. The zero-order valence-corrected chi connectivity index (χ0v) is 11.5. The summed E-state index contributed by atoms with van der Waals surface area (Å²) in [7, 11) is 4.50. The van der Waals surface area contributed by atoms with E-state index < -0.39 is 0 Å². The number of hydrogen-bond acceptors (Lipinski definition) is 3. The van der Waals surface area contributed by atoms with Crippen LogP contribution < -0.4 is 5.32 Å². The smallest absolute Gasteiger partial charge is 0.0220 e. The fraction of sp³-hybridized carbons (Fsp3) is 1.00. The lowest BCUT2D eigenvalue weighted by molar-refractivity contribution is 0.208. The Morgan fingerprint density at radius 3 is 2.81 bits per heavy atom. The quantitative estimate of drug-likeness (QED) is 0.709. The average molecular weight is 227 g/mol. The van der Waals surface area contributed by atoms with Crippen molar-refractivity contribution >= 4 is 0 Å². The summed E-state index contributed by atoms with van der Waals surface area (Å²) >= 11 is 0. The Morgan fingerprint density at radius 1 is 1.50 bits per heavy atom. The Hall–Kier alpha value is -0.120. The van der Waals surface area contributed by atoms with Crippen molar-refractivity contribution < 1.29 is 0 Å². The Bertz CT molecular complexity index is 184. The van der Waals surface area contributed by atoms with Crippen molar-refractivity contribution in [3.8, 4) is 0 Å². The van der Waals surface area contributed by atoms with Gasteiger partial charge in [0.2, 0.25) is 0 Å². The number of likely N-dealkylation sites (tertiary alicyclic amines) is 1. The summed E-state index contributed by atoms with van der Waals surface area (Å²) in [4.78, 5) is 4.97. The maximum absolute atomic E-state index is 3.54. The van der Waals surface area contributed by atoms with Gasteiger partial charge in [0.15, 0.2) is 0 Å². The molecule has 0 aliphatic carbocycles. The van der Waals surface area contributed by atoms with Crippen molar-refractivity contribution in [3.05, 3.63) is 0 Å². The maximum Gasteiger partial charge on any atom is 0.0220 e. The van der Waals surface area contributed by atoms with E-state index in [9.17, 15) is 0 Å². The van der Waals surface area contributed by atoms with Gasteiger partial charge >= 0.3 is 0 Å². The topological polar surface area (TPSA) is 18.5 Å². The van der Waals surface area contributed by atoms with Gasteiger partial charge in [0.1, 0.15) is 0 Å². The van der Waals surface area contributed by atoms with Gasteiger partial charge in [-0.25, -0.2) is 0 Å². The molecule has 0 radical (unpaired) electrons. The molecule has 0 bridgehead atoms. The van der Waals surface area contributed by atoms with Crippen molar-refractivity contribution in [3.63, 3.8) is 0 Å². The molecule has 1 rings (SSSR count). The second-order valence-corrected chi connectivity index (χ2v) is 5.35. The molecule has 2 atom stereocenters. The number of rotatable bonds is 7. The number of hydrogen-bond donors (Lipinski definition) is 1. The van der Waals surface area contributed by atoms with Crippen molar-refractivity contribution in [1.29, 1.82) is 0 Å². The number of nitrogens with zero attached hydrogens (tertiary/aromatic N) is 2. The minimum absolute atomic E-state index is 0.608. The van der Waals surface area contributed by atoms with E-state index in [0.717, 1.165) is 19.1 Å². The molecule has 1 aliphatic heterocycles. The van der Waals surface area contributed by atoms with E-state index in [-0.39, 0.29) is 0 Å². The lowest BCUT2D eigenvalue weighted by Gasteiger charge is -2.28. The molecule has 3 nitrogen and oxygen atoms in total. The number of likely N-dealkylation sites (N-methyl/N-ethyl adjacent to an activating group) is 2. The van der Waals surface area contributed by atoms with E-state index in [0.29, 0.717) is 6.04 Å². The molecule has 1 saturated heterocycles. The second-order valence-electron chi connectivity index (χ2n) is 5.35. The van der Waals surface area contributed by atoms with Crippen LogP contribution in [-0.4, -0.2) is 62.2 Å². The normalized spacial score (nSPS) is 24.2. The molecule has 1 fully saturated rings. The van der Waals surface area contributed by atoms with Crippen molar-refractivity contribution in [2.75, 3.05) is 40.3 Å². The standard InChI is InChI=1S/C13H29N3/c1-5-8-14-12(2)10-15(3)11-13-7-6-9-16(13)4/h12-14H,5-11H2,1-4H3. The molecule has 0 saturated carbocycles. The van der Waals surface area contributed by atoms with Gasteiger partial charge < -0.3 is 15.1 Å². The second kappa shape index (κ2) is 7.25. The van der Waals surface area contributed by atoms with Gasteiger partial charge in [0.25, 0.3) is 0 Å². The third-order valence-corrected chi connectivity index (χ3v) is 3.52. The van der Waals surface area contributed by atoms with Gasteiger partial charge in [0.05, 0.1) is 0 Å². The summed E-state index contributed by atoms with van der Waals surface area (Å²) in [5.41, 5.74) is 0. The highest BCUT2D eigenvalue weighted by atomic mass is 15.2. The molecular weight excluding hydrogens is 198 g/mol. The van der Waals surface area contributed by atoms with E-state index >= 15 is 0 Å².